The number of fused-ring (bicyclic) bond motifs is 1. The van der Waals surface area contributed by atoms with Gasteiger partial charge in [-0.25, -0.2) is 0 Å². The lowest BCUT2D eigenvalue weighted by Crippen LogP contribution is -2.31. The first kappa shape index (κ1) is 9.78. The van der Waals surface area contributed by atoms with Crippen molar-refractivity contribution in [1.29, 1.82) is 0 Å². The maximum absolute atomic E-state index is 9.29. The van der Waals surface area contributed by atoms with Crippen LogP contribution in [0.15, 0.2) is 18.2 Å². The van der Waals surface area contributed by atoms with Crippen molar-refractivity contribution in [3.63, 3.8) is 0 Å². The van der Waals surface area contributed by atoms with Crippen molar-refractivity contribution in [2.45, 2.75) is 18.9 Å². The zero-order valence-corrected chi connectivity index (χ0v) is 9.06. The molecule has 3 rings (SSSR count). The van der Waals surface area contributed by atoms with Gasteiger partial charge in [-0.1, -0.05) is 0 Å². The molecular formula is C12H15NO3. The Hall–Kier alpha value is -1.42. The lowest BCUT2D eigenvalue weighted by molar-refractivity contribution is 0.174. The van der Waals surface area contributed by atoms with Crippen LogP contribution in [-0.4, -0.2) is 31.1 Å². The van der Waals surface area contributed by atoms with E-state index in [2.05, 4.69) is 4.90 Å². The number of rotatable bonds is 2. The highest BCUT2D eigenvalue weighted by molar-refractivity contribution is 5.58. The number of anilines is 1. The normalized spacial score (nSPS) is 22.8. The van der Waals surface area contributed by atoms with E-state index in [4.69, 9.17) is 9.47 Å². The van der Waals surface area contributed by atoms with Gasteiger partial charge in [0.05, 0.1) is 12.6 Å². The fraction of sp³-hybridized carbons (Fsp3) is 0.500. The van der Waals surface area contributed by atoms with E-state index in [-0.39, 0.29) is 12.6 Å². The van der Waals surface area contributed by atoms with Gasteiger partial charge < -0.3 is 19.5 Å². The molecule has 1 unspecified atom stereocenters. The molecule has 1 fully saturated rings. The summed E-state index contributed by atoms with van der Waals surface area (Å²) in [4.78, 5) is 2.24. The van der Waals surface area contributed by atoms with Crippen molar-refractivity contribution in [2.75, 3.05) is 24.8 Å². The number of hydrogen-bond acceptors (Lipinski definition) is 4. The predicted molar refractivity (Wildman–Crippen MR) is 60.0 cm³/mol. The molecule has 1 atom stereocenters. The average Bonchev–Trinajstić information content (AvgIpc) is 2.96. The van der Waals surface area contributed by atoms with Crippen LogP contribution in [0.1, 0.15) is 12.8 Å². The average molecular weight is 221 g/mol. The molecule has 0 bridgehead atoms. The molecule has 1 N–H and O–H groups in total. The van der Waals surface area contributed by atoms with E-state index in [1.807, 2.05) is 18.2 Å². The first-order chi connectivity index (χ1) is 7.88. The summed E-state index contributed by atoms with van der Waals surface area (Å²) in [5, 5.41) is 9.29. The van der Waals surface area contributed by atoms with Crippen LogP contribution in [0.25, 0.3) is 0 Å². The summed E-state index contributed by atoms with van der Waals surface area (Å²) < 4.78 is 10.6. The molecule has 16 heavy (non-hydrogen) atoms. The van der Waals surface area contributed by atoms with Crippen molar-refractivity contribution in [3.05, 3.63) is 18.2 Å². The highest BCUT2D eigenvalue weighted by Crippen LogP contribution is 2.37. The third kappa shape index (κ3) is 1.50. The second-order valence-corrected chi connectivity index (χ2v) is 4.21. The van der Waals surface area contributed by atoms with Crippen LogP contribution in [0.4, 0.5) is 5.69 Å². The van der Waals surface area contributed by atoms with Gasteiger partial charge in [-0.15, -0.1) is 0 Å². The number of aliphatic hydroxyl groups is 1. The molecule has 0 saturated carbocycles. The van der Waals surface area contributed by atoms with Crippen LogP contribution in [-0.2, 0) is 0 Å². The van der Waals surface area contributed by atoms with E-state index < -0.39 is 0 Å². The summed E-state index contributed by atoms with van der Waals surface area (Å²) in [5.41, 5.74) is 1.11. The van der Waals surface area contributed by atoms with E-state index in [1.165, 1.54) is 0 Å². The van der Waals surface area contributed by atoms with E-state index >= 15 is 0 Å². The van der Waals surface area contributed by atoms with Gasteiger partial charge in [-0.3, -0.25) is 0 Å². The molecule has 1 aromatic carbocycles. The fourth-order valence-electron chi connectivity index (χ4n) is 2.43. The van der Waals surface area contributed by atoms with E-state index in [1.54, 1.807) is 0 Å². The Kier molecular flexibility index (Phi) is 2.36. The minimum Gasteiger partial charge on any atom is -0.454 e. The van der Waals surface area contributed by atoms with E-state index in [0.717, 1.165) is 36.6 Å². The first-order valence-corrected chi connectivity index (χ1v) is 5.65. The van der Waals surface area contributed by atoms with Crippen molar-refractivity contribution < 1.29 is 14.6 Å². The number of ether oxygens (including phenoxy) is 2. The molecule has 0 spiro atoms. The number of hydrogen-bond donors (Lipinski definition) is 1. The monoisotopic (exact) mass is 221 g/mol. The molecule has 86 valence electrons. The number of aliphatic hydroxyl groups excluding tert-OH is 1. The fourth-order valence-corrected chi connectivity index (χ4v) is 2.43. The van der Waals surface area contributed by atoms with Crippen LogP contribution < -0.4 is 14.4 Å². The summed E-state index contributed by atoms with van der Waals surface area (Å²) in [7, 11) is 0. The van der Waals surface area contributed by atoms with Gasteiger partial charge in [0.25, 0.3) is 0 Å². The molecular weight excluding hydrogens is 206 g/mol. The largest absolute Gasteiger partial charge is 0.454 e. The zero-order chi connectivity index (χ0) is 11.0. The summed E-state index contributed by atoms with van der Waals surface area (Å²) in [5.74, 6) is 1.62. The third-order valence-corrected chi connectivity index (χ3v) is 3.28. The second-order valence-electron chi connectivity index (χ2n) is 4.21. The van der Waals surface area contributed by atoms with Crippen molar-refractivity contribution in [1.82, 2.24) is 0 Å². The Morgan fingerprint density at radius 3 is 3.06 bits per heavy atom. The first-order valence-electron chi connectivity index (χ1n) is 5.65. The van der Waals surface area contributed by atoms with Gasteiger partial charge in [0.2, 0.25) is 6.79 Å². The molecule has 2 aliphatic heterocycles. The van der Waals surface area contributed by atoms with Gasteiger partial charge in [0.1, 0.15) is 0 Å². The van der Waals surface area contributed by atoms with Crippen LogP contribution in [0.3, 0.4) is 0 Å². The standard InChI is InChI=1S/C12H15NO3/c14-7-10-2-1-5-13(10)9-3-4-11-12(6-9)16-8-15-11/h3-4,6,10,14H,1-2,5,7-8H2. The lowest BCUT2D eigenvalue weighted by atomic mass is 10.2. The molecule has 2 aliphatic rings. The van der Waals surface area contributed by atoms with Crippen LogP contribution in [0.5, 0.6) is 11.5 Å². The lowest BCUT2D eigenvalue weighted by Gasteiger charge is -2.25. The molecule has 0 radical (unpaired) electrons. The maximum Gasteiger partial charge on any atom is 0.231 e. The molecule has 1 saturated heterocycles. The Bertz CT molecular complexity index is 394. The minimum atomic E-state index is 0.217. The summed E-state index contributed by atoms with van der Waals surface area (Å²) >= 11 is 0. The SMILES string of the molecule is OCC1CCCN1c1ccc2c(c1)OCO2. The number of nitrogens with zero attached hydrogens (tertiary/aromatic N) is 1. The third-order valence-electron chi connectivity index (χ3n) is 3.28. The Labute approximate surface area is 94.4 Å². The Morgan fingerprint density at radius 2 is 2.19 bits per heavy atom. The molecule has 0 aromatic heterocycles. The topological polar surface area (TPSA) is 41.9 Å². The molecule has 2 heterocycles. The van der Waals surface area contributed by atoms with Gasteiger partial charge in [0, 0.05) is 18.3 Å². The highest BCUT2D eigenvalue weighted by Gasteiger charge is 2.25. The smallest absolute Gasteiger partial charge is 0.231 e. The Balaban J connectivity index is 1.89. The summed E-state index contributed by atoms with van der Waals surface area (Å²) in [6.07, 6.45) is 2.20. The van der Waals surface area contributed by atoms with Gasteiger partial charge in [-0.2, -0.15) is 0 Å². The Morgan fingerprint density at radius 1 is 1.31 bits per heavy atom. The summed E-state index contributed by atoms with van der Waals surface area (Å²) in [6.45, 7) is 1.53. The van der Waals surface area contributed by atoms with Crippen molar-refractivity contribution in [3.8, 4) is 11.5 Å². The van der Waals surface area contributed by atoms with E-state index in [9.17, 15) is 5.11 Å². The zero-order valence-electron chi connectivity index (χ0n) is 9.06. The number of benzene rings is 1. The molecule has 1 aromatic rings. The molecule has 4 nitrogen and oxygen atoms in total. The van der Waals surface area contributed by atoms with Gasteiger partial charge in [0.15, 0.2) is 11.5 Å². The summed E-state index contributed by atoms with van der Waals surface area (Å²) in [6, 6.07) is 6.21. The van der Waals surface area contributed by atoms with Gasteiger partial charge in [-0.05, 0) is 25.0 Å². The van der Waals surface area contributed by atoms with Crippen molar-refractivity contribution in [2.24, 2.45) is 0 Å². The van der Waals surface area contributed by atoms with Gasteiger partial charge >= 0.3 is 0 Å². The van der Waals surface area contributed by atoms with Crippen LogP contribution >= 0.6 is 0 Å². The van der Waals surface area contributed by atoms with Crippen LogP contribution in [0, 0.1) is 0 Å². The van der Waals surface area contributed by atoms with Crippen molar-refractivity contribution >= 4 is 5.69 Å². The second kappa shape index (κ2) is 3.87. The quantitative estimate of drug-likeness (QED) is 0.819. The predicted octanol–water partition coefficient (Wildman–Crippen LogP) is 1.38. The molecule has 0 aliphatic carbocycles. The molecule has 4 heteroatoms. The highest BCUT2D eigenvalue weighted by atomic mass is 16.7. The minimum absolute atomic E-state index is 0.217. The van der Waals surface area contributed by atoms with Crippen LogP contribution in [0.2, 0.25) is 0 Å². The van der Waals surface area contributed by atoms with E-state index in [0.29, 0.717) is 6.79 Å². The maximum atomic E-state index is 9.29. The molecule has 0 amide bonds.